The first kappa shape index (κ1) is 16.6. The summed E-state index contributed by atoms with van der Waals surface area (Å²) in [5, 5.41) is 0.847. The second-order valence-corrected chi connectivity index (χ2v) is 6.51. The number of thiophene rings is 1. The molecule has 0 atom stereocenters. The van der Waals surface area contributed by atoms with Gasteiger partial charge in [0.1, 0.15) is 14.9 Å². The zero-order chi connectivity index (χ0) is 17.3. The second-order valence-electron chi connectivity index (χ2n) is 5.12. The highest BCUT2D eigenvalue weighted by molar-refractivity contribution is 7.20. The Labute approximate surface area is 146 Å². The van der Waals surface area contributed by atoms with Crippen molar-refractivity contribution in [1.82, 2.24) is 14.5 Å². The molecule has 0 amide bonds. The van der Waals surface area contributed by atoms with E-state index in [1.807, 2.05) is 0 Å². The van der Waals surface area contributed by atoms with Crippen molar-refractivity contribution in [3.8, 4) is 0 Å². The summed E-state index contributed by atoms with van der Waals surface area (Å²) in [6.45, 7) is 4.10. The fourth-order valence-electron chi connectivity index (χ4n) is 2.36. The number of fused-ring (bicyclic) bond motifs is 1. The Balaban J connectivity index is 2.04. The molecule has 24 heavy (non-hydrogen) atoms. The van der Waals surface area contributed by atoms with Crippen LogP contribution in [0.1, 0.15) is 27.7 Å². The van der Waals surface area contributed by atoms with Crippen molar-refractivity contribution in [3.63, 3.8) is 0 Å². The highest BCUT2D eigenvalue weighted by atomic mass is 35.5. The molecule has 0 aliphatic heterocycles. The molecule has 3 aromatic heterocycles. The molecule has 3 rings (SSSR count). The van der Waals surface area contributed by atoms with E-state index in [1.165, 1.54) is 22.2 Å². The summed E-state index contributed by atoms with van der Waals surface area (Å²) < 4.78 is 6.52. The second kappa shape index (κ2) is 6.70. The number of halogens is 1. The van der Waals surface area contributed by atoms with Gasteiger partial charge < -0.3 is 4.74 Å². The molecule has 3 aromatic rings. The predicted octanol–water partition coefficient (Wildman–Crippen LogP) is 3.04. The first-order valence-corrected chi connectivity index (χ1v) is 8.46. The van der Waals surface area contributed by atoms with Crippen molar-refractivity contribution >= 4 is 39.1 Å². The summed E-state index contributed by atoms with van der Waals surface area (Å²) in [7, 11) is 0. The Bertz CT molecular complexity index is 963. The summed E-state index contributed by atoms with van der Waals surface area (Å²) in [5.74, 6) is -0.425. The molecule has 0 aliphatic rings. The lowest BCUT2D eigenvalue weighted by molar-refractivity contribution is 0.0531. The predicted molar refractivity (Wildman–Crippen MR) is 92.9 cm³/mol. The van der Waals surface area contributed by atoms with Crippen LogP contribution in [0.25, 0.3) is 10.2 Å². The molecule has 0 spiro atoms. The molecule has 3 heterocycles. The molecule has 124 valence electrons. The summed E-state index contributed by atoms with van der Waals surface area (Å²) in [6.07, 6.45) is 3.09. The highest BCUT2D eigenvalue weighted by Crippen LogP contribution is 2.27. The average molecular weight is 364 g/mol. The number of esters is 1. The monoisotopic (exact) mass is 363 g/mol. The van der Waals surface area contributed by atoms with Crippen LogP contribution >= 0.6 is 22.9 Å². The van der Waals surface area contributed by atoms with E-state index in [0.717, 1.165) is 5.56 Å². The van der Waals surface area contributed by atoms with E-state index >= 15 is 0 Å². The van der Waals surface area contributed by atoms with E-state index in [1.54, 1.807) is 32.2 Å². The van der Waals surface area contributed by atoms with Crippen molar-refractivity contribution < 1.29 is 9.53 Å². The first-order chi connectivity index (χ1) is 11.5. The lowest BCUT2D eigenvalue weighted by Crippen LogP contribution is -2.21. The van der Waals surface area contributed by atoms with Crippen LogP contribution in [-0.2, 0) is 11.3 Å². The third-order valence-electron chi connectivity index (χ3n) is 3.52. The van der Waals surface area contributed by atoms with Crippen molar-refractivity contribution in [2.45, 2.75) is 20.4 Å². The van der Waals surface area contributed by atoms with Gasteiger partial charge in [0.25, 0.3) is 5.56 Å². The number of hydrogen-bond acceptors (Lipinski definition) is 6. The van der Waals surface area contributed by atoms with Gasteiger partial charge in [0.05, 0.1) is 24.9 Å². The molecule has 0 saturated heterocycles. The summed E-state index contributed by atoms with van der Waals surface area (Å²) in [4.78, 5) is 34.0. The number of nitrogens with zero attached hydrogens (tertiary/aromatic N) is 3. The maximum atomic E-state index is 12.7. The number of rotatable bonds is 4. The van der Waals surface area contributed by atoms with Crippen LogP contribution in [0.2, 0.25) is 5.15 Å². The smallest absolute Gasteiger partial charge is 0.348 e. The lowest BCUT2D eigenvalue weighted by Gasteiger charge is -2.05. The molecule has 6 nitrogen and oxygen atoms in total. The largest absolute Gasteiger partial charge is 0.462 e. The molecule has 0 bridgehead atoms. The third-order valence-corrected chi connectivity index (χ3v) is 4.92. The molecule has 8 heteroatoms. The molecule has 0 fully saturated rings. The molecule has 0 aromatic carbocycles. The fourth-order valence-corrected chi connectivity index (χ4v) is 3.50. The molecular formula is C16H14ClN3O3S. The van der Waals surface area contributed by atoms with Gasteiger partial charge in [-0.2, -0.15) is 0 Å². The topological polar surface area (TPSA) is 74.1 Å². The van der Waals surface area contributed by atoms with Gasteiger partial charge >= 0.3 is 5.97 Å². The van der Waals surface area contributed by atoms with Crippen LogP contribution < -0.4 is 5.56 Å². The van der Waals surface area contributed by atoms with E-state index in [4.69, 9.17) is 16.3 Å². The number of carbonyl (C=O) groups excluding carboxylic acids is 1. The Kier molecular flexibility index (Phi) is 4.64. The average Bonchev–Trinajstić information content (AvgIpc) is 2.90. The van der Waals surface area contributed by atoms with Crippen LogP contribution in [0.3, 0.4) is 0 Å². The van der Waals surface area contributed by atoms with E-state index in [-0.39, 0.29) is 12.2 Å². The maximum absolute atomic E-state index is 12.7. The van der Waals surface area contributed by atoms with Gasteiger partial charge in [-0.15, -0.1) is 11.3 Å². The number of pyridine rings is 1. The normalized spacial score (nSPS) is 11.0. The molecule has 0 saturated carbocycles. The number of hydrogen-bond donors (Lipinski definition) is 0. The van der Waals surface area contributed by atoms with Crippen LogP contribution in [0.15, 0.2) is 29.5 Å². The molecular weight excluding hydrogens is 350 g/mol. The zero-order valence-electron chi connectivity index (χ0n) is 13.1. The quantitative estimate of drug-likeness (QED) is 0.526. The number of aromatic nitrogens is 3. The maximum Gasteiger partial charge on any atom is 0.348 e. The minimum absolute atomic E-state index is 0.195. The number of aryl methyl sites for hydroxylation is 1. The minimum Gasteiger partial charge on any atom is -0.462 e. The molecule has 0 radical (unpaired) electrons. The zero-order valence-corrected chi connectivity index (χ0v) is 14.6. The standard InChI is InChI=1S/C16H14ClN3O3S/c1-3-23-16(22)13-9(2)12-14(24-13)19-8-20(15(12)21)7-10-4-5-11(17)18-6-10/h4-6,8H,3,7H2,1-2H3. The van der Waals surface area contributed by atoms with Gasteiger partial charge in [0.2, 0.25) is 0 Å². The van der Waals surface area contributed by atoms with Crippen LogP contribution in [-0.4, -0.2) is 27.1 Å². The number of carbonyl (C=O) groups is 1. The third kappa shape index (κ3) is 3.05. The summed E-state index contributed by atoms with van der Waals surface area (Å²) >= 11 is 6.94. The van der Waals surface area contributed by atoms with Gasteiger partial charge in [0, 0.05) is 6.20 Å². The van der Waals surface area contributed by atoms with Crippen molar-refractivity contribution in [2.24, 2.45) is 0 Å². The minimum atomic E-state index is -0.425. The van der Waals surface area contributed by atoms with Gasteiger partial charge in [-0.25, -0.2) is 14.8 Å². The Morgan fingerprint density at radius 2 is 2.17 bits per heavy atom. The van der Waals surface area contributed by atoms with Crippen LogP contribution in [0, 0.1) is 6.92 Å². The Morgan fingerprint density at radius 1 is 1.38 bits per heavy atom. The molecule has 0 aliphatic carbocycles. The summed E-state index contributed by atoms with van der Waals surface area (Å²) in [6, 6.07) is 3.47. The highest BCUT2D eigenvalue weighted by Gasteiger charge is 2.20. The van der Waals surface area contributed by atoms with Crippen molar-refractivity contribution in [2.75, 3.05) is 6.61 Å². The number of ether oxygens (including phenoxy) is 1. The Morgan fingerprint density at radius 3 is 2.83 bits per heavy atom. The molecule has 0 N–H and O–H groups in total. The van der Waals surface area contributed by atoms with Gasteiger partial charge in [-0.3, -0.25) is 9.36 Å². The van der Waals surface area contributed by atoms with Crippen LogP contribution in [0.5, 0.6) is 0 Å². The first-order valence-electron chi connectivity index (χ1n) is 7.27. The summed E-state index contributed by atoms with van der Waals surface area (Å²) in [5.41, 5.74) is 1.25. The molecule has 0 unspecified atom stereocenters. The van der Waals surface area contributed by atoms with Crippen LogP contribution in [0.4, 0.5) is 0 Å². The lowest BCUT2D eigenvalue weighted by atomic mass is 10.2. The van der Waals surface area contributed by atoms with E-state index in [2.05, 4.69) is 9.97 Å². The van der Waals surface area contributed by atoms with E-state index in [0.29, 0.717) is 32.4 Å². The van der Waals surface area contributed by atoms with Crippen molar-refractivity contribution in [3.05, 3.63) is 56.2 Å². The van der Waals surface area contributed by atoms with E-state index < -0.39 is 5.97 Å². The SMILES string of the molecule is CCOC(=O)c1sc2ncn(Cc3ccc(Cl)nc3)c(=O)c2c1C. The fraction of sp³-hybridized carbons (Fsp3) is 0.250. The van der Waals surface area contributed by atoms with Gasteiger partial charge in [0.15, 0.2) is 0 Å². The Hall–Kier alpha value is -2.25. The van der Waals surface area contributed by atoms with E-state index in [9.17, 15) is 9.59 Å². The van der Waals surface area contributed by atoms with Gasteiger partial charge in [-0.05, 0) is 31.0 Å². The van der Waals surface area contributed by atoms with Gasteiger partial charge in [-0.1, -0.05) is 17.7 Å². The van der Waals surface area contributed by atoms with Crippen molar-refractivity contribution in [1.29, 1.82) is 0 Å².